The van der Waals surface area contributed by atoms with Crippen LogP contribution in [-0.2, 0) is 11.3 Å². The zero-order chi connectivity index (χ0) is 14.7. The number of pyridine rings is 1. The summed E-state index contributed by atoms with van der Waals surface area (Å²) in [4.78, 5) is 4.69. The van der Waals surface area contributed by atoms with Gasteiger partial charge in [0.2, 0.25) is 0 Å². The van der Waals surface area contributed by atoms with E-state index < -0.39 is 0 Å². The number of imidazole rings is 1. The second kappa shape index (κ2) is 6.07. The van der Waals surface area contributed by atoms with Crippen molar-refractivity contribution in [2.24, 2.45) is 0 Å². The van der Waals surface area contributed by atoms with Gasteiger partial charge in [0, 0.05) is 32.6 Å². The van der Waals surface area contributed by atoms with Crippen LogP contribution < -0.4 is 5.32 Å². The van der Waals surface area contributed by atoms with Crippen LogP contribution in [0.3, 0.4) is 0 Å². The second-order valence-corrected chi connectivity index (χ2v) is 4.94. The molecule has 3 heterocycles. The van der Waals surface area contributed by atoms with E-state index in [1.54, 1.807) is 7.11 Å². The summed E-state index contributed by atoms with van der Waals surface area (Å²) in [6.45, 7) is 4.22. The summed E-state index contributed by atoms with van der Waals surface area (Å²) in [5, 5.41) is 7.75. The van der Waals surface area contributed by atoms with Crippen LogP contribution in [0.2, 0.25) is 0 Å². The maximum atomic E-state index is 5.06. The molecule has 3 rings (SSSR count). The Hall–Kier alpha value is -2.18. The molecule has 0 aliphatic rings. The van der Waals surface area contributed by atoms with Crippen LogP contribution in [0.25, 0.3) is 11.5 Å². The van der Waals surface area contributed by atoms with Gasteiger partial charge in [0.25, 0.3) is 0 Å². The van der Waals surface area contributed by atoms with Gasteiger partial charge < -0.3 is 14.5 Å². The third-order valence-electron chi connectivity index (χ3n) is 3.31. The van der Waals surface area contributed by atoms with Crippen LogP contribution in [0, 0.1) is 6.92 Å². The Labute approximate surface area is 123 Å². The molecule has 21 heavy (non-hydrogen) atoms. The van der Waals surface area contributed by atoms with Crippen molar-refractivity contribution in [2.75, 3.05) is 20.3 Å². The lowest BCUT2D eigenvalue weighted by atomic mass is 10.4. The molecule has 0 aromatic carbocycles. The Balaban J connectivity index is 1.97. The van der Waals surface area contributed by atoms with Gasteiger partial charge in [0.05, 0.1) is 18.5 Å². The summed E-state index contributed by atoms with van der Waals surface area (Å²) in [5.74, 6) is 0.860. The standard InChI is InChI=1S/C15H19N5O/c1-12-9-17-20(11-12)15-13(10-16-6-8-21-2)19-7-4-3-5-14(19)18-15/h3-5,7,9,11,16H,6,8,10H2,1-2H3. The molecule has 0 saturated heterocycles. The average Bonchev–Trinajstić information content (AvgIpc) is 3.07. The Kier molecular flexibility index (Phi) is 3.98. The van der Waals surface area contributed by atoms with Gasteiger partial charge in [-0.25, -0.2) is 9.67 Å². The number of fused-ring (bicyclic) bond motifs is 1. The van der Waals surface area contributed by atoms with Crippen LogP contribution in [0.1, 0.15) is 11.3 Å². The Bertz CT molecular complexity index is 731. The number of aryl methyl sites for hydroxylation is 1. The summed E-state index contributed by atoms with van der Waals surface area (Å²) in [6.07, 6.45) is 5.85. The molecular weight excluding hydrogens is 266 g/mol. The van der Waals surface area contributed by atoms with E-state index in [1.807, 2.05) is 48.4 Å². The van der Waals surface area contributed by atoms with Crippen molar-refractivity contribution in [2.45, 2.75) is 13.5 Å². The van der Waals surface area contributed by atoms with Crippen LogP contribution in [0.5, 0.6) is 0 Å². The minimum absolute atomic E-state index is 0.687. The third kappa shape index (κ3) is 2.81. The summed E-state index contributed by atoms with van der Waals surface area (Å²) in [6, 6.07) is 5.99. The maximum Gasteiger partial charge on any atom is 0.176 e. The van der Waals surface area contributed by atoms with Gasteiger partial charge in [0.15, 0.2) is 5.82 Å². The molecule has 110 valence electrons. The Morgan fingerprint density at radius 3 is 3.00 bits per heavy atom. The fourth-order valence-electron chi connectivity index (χ4n) is 2.29. The number of ether oxygens (including phenoxy) is 1. The Morgan fingerprint density at radius 2 is 2.24 bits per heavy atom. The highest BCUT2D eigenvalue weighted by molar-refractivity contribution is 5.48. The van der Waals surface area contributed by atoms with E-state index >= 15 is 0 Å². The minimum atomic E-state index is 0.687. The maximum absolute atomic E-state index is 5.06. The number of nitrogens with one attached hydrogen (secondary N) is 1. The number of aromatic nitrogens is 4. The fraction of sp³-hybridized carbons (Fsp3) is 0.333. The fourth-order valence-corrected chi connectivity index (χ4v) is 2.29. The van der Waals surface area contributed by atoms with Crippen LogP contribution in [0.15, 0.2) is 36.8 Å². The molecule has 1 N–H and O–H groups in total. The molecule has 0 unspecified atom stereocenters. The van der Waals surface area contributed by atoms with Crippen molar-refractivity contribution in [3.63, 3.8) is 0 Å². The summed E-state index contributed by atoms with van der Waals surface area (Å²) < 4.78 is 8.98. The molecule has 0 atom stereocenters. The molecule has 0 aliphatic carbocycles. The molecule has 0 radical (unpaired) electrons. The summed E-state index contributed by atoms with van der Waals surface area (Å²) in [5.41, 5.74) is 3.12. The van der Waals surface area contributed by atoms with E-state index in [-0.39, 0.29) is 0 Å². The van der Waals surface area contributed by atoms with Crippen molar-refractivity contribution in [3.05, 3.63) is 48.0 Å². The first-order chi connectivity index (χ1) is 10.3. The van der Waals surface area contributed by atoms with E-state index in [0.717, 1.165) is 29.3 Å². The number of nitrogens with zero attached hydrogens (tertiary/aromatic N) is 4. The predicted molar refractivity (Wildman–Crippen MR) is 80.6 cm³/mol. The zero-order valence-corrected chi connectivity index (χ0v) is 12.3. The Morgan fingerprint density at radius 1 is 1.33 bits per heavy atom. The number of hydrogen-bond donors (Lipinski definition) is 1. The van der Waals surface area contributed by atoms with E-state index in [2.05, 4.69) is 19.8 Å². The molecule has 6 nitrogen and oxygen atoms in total. The monoisotopic (exact) mass is 285 g/mol. The first-order valence-corrected chi connectivity index (χ1v) is 6.97. The summed E-state index contributed by atoms with van der Waals surface area (Å²) in [7, 11) is 1.70. The lowest BCUT2D eigenvalue weighted by Gasteiger charge is -2.06. The van der Waals surface area contributed by atoms with Gasteiger partial charge in [-0.05, 0) is 24.6 Å². The van der Waals surface area contributed by atoms with Crippen molar-refractivity contribution >= 4 is 5.65 Å². The molecule has 0 aliphatic heterocycles. The van der Waals surface area contributed by atoms with Crippen LogP contribution in [0.4, 0.5) is 0 Å². The summed E-state index contributed by atoms with van der Waals surface area (Å²) >= 11 is 0. The lowest BCUT2D eigenvalue weighted by Crippen LogP contribution is -2.20. The van der Waals surface area contributed by atoms with Gasteiger partial charge in [-0.3, -0.25) is 0 Å². The van der Waals surface area contributed by atoms with E-state index in [0.29, 0.717) is 13.2 Å². The van der Waals surface area contributed by atoms with Crippen molar-refractivity contribution in [1.29, 1.82) is 0 Å². The largest absolute Gasteiger partial charge is 0.383 e. The van der Waals surface area contributed by atoms with E-state index in [9.17, 15) is 0 Å². The zero-order valence-electron chi connectivity index (χ0n) is 12.3. The SMILES string of the molecule is COCCNCc1c(-n2cc(C)cn2)nc2ccccn12. The van der Waals surface area contributed by atoms with Crippen molar-refractivity contribution in [1.82, 2.24) is 24.5 Å². The molecule has 0 bridgehead atoms. The molecule has 0 amide bonds. The predicted octanol–water partition coefficient (Wildman–Crippen LogP) is 1.56. The quantitative estimate of drug-likeness (QED) is 0.698. The van der Waals surface area contributed by atoms with Crippen molar-refractivity contribution < 1.29 is 4.74 Å². The molecule has 0 saturated carbocycles. The molecule has 0 fully saturated rings. The van der Waals surface area contributed by atoms with Gasteiger partial charge >= 0.3 is 0 Å². The smallest absolute Gasteiger partial charge is 0.176 e. The minimum Gasteiger partial charge on any atom is -0.383 e. The van der Waals surface area contributed by atoms with Gasteiger partial charge in [-0.2, -0.15) is 5.10 Å². The van der Waals surface area contributed by atoms with Gasteiger partial charge in [-0.1, -0.05) is 6.07 Å². The van der Waals surface area contributed by atoms with Gasteiger partial charge in [0.1, 0.15) is 5.65 Å². The first kappa shape index (κ1) is 13.8. The topological polar surface area (TPSA) is 56.4 Å². The number of rotatable bonds is 6. The molecule has 0 spiro atoms. The number of hydrogen-bond acceptors (Lipinski definition) is 4. The van der Waals surface area contributed by atoms with Crippen LogP contribution >= 0.6 is 0 Å². The van der Waals surface area contributed by atoms with Crippen molar-refractivity contribution in [3.8, 4) is 5.82 Å². The molecule has 3 aromatic heterocycles. The molecule has 6 heteroatoms. The lowest BCUT2D eigenvalue weighted by molar-refractivity contribution is 0.199. The average molecular weight is 285 g/mol. The molecule has 3 aromatic rings. The highest BCUT2D eigenvalue weighted by Gasteiger charge is 2.13. The third-order valence-corrected chi connectivity index (χ3v) is 3.31. The highest BCUT2D eigenvalue weighted by Crippen LogP contribution is 2.16. The normalized spacial score (nSPS) is 11.3. The van der Waals surface area contributed by atoms with Gasteiger partial charge in [-0.15, -0.1) is 0 Å². The number of methoxy groups -OCH3 is 1. The van der Waals surface area contributed by atoms with E-state index in [1.165, 1.54) is 0 Å². The van der Waals surface area contributed by atoms with E-state index in [4.69, 9.17) is 4.74 Å². The highest BCUT2D eigenvalue weighted by atomic mass is 16.5. The molecular formula is C15H19N5O. The second-order valence-electron chi connectivity index (χ2n) is 4.94. The first-order valence-electron chi connectivity index (χ1n) is 6.97. The van der Waals surface area contributed by atoms with Crippen LogP contribution in [-0.4, -0.2) is 39.4 Å².